The van der Waals surface area contributed by atoms with Gasteiger partial charge >= 0.3 is 0 Å². The lowest BCUT2D eigenvalue weighted by atomic mass is 9.94. The summed E-state index contributed by atoms with van der Waals surface area (Å²) in [5.74, 6) is 0.583. The number of nitrogens with zero attached hydrogens (tertiary/aromatic N) is 3. The van der Waals surface area contributed by atoms with Gasteiger partial charge in [0.25, 0.3) is 0 Å². The van der Waals surface area contributed by atoms with Crippen molar-refractivity contribution in [2.24, 2.45) is 0 Å². The van der Waals surface area contributed by atoms with Gasteiger partial charge in [0.15, 0.2) is 0 Å². The lowest BCUT2D eigenvalue weighted by Crippen LogP contribution is -2.59. The Morgan fingerprint density at radius 3 is 1.28 bits per heavy atom. The number of amides is 3. The molecule has 5 aromatic rings. The molecule has 310 valence electrons. The van der Waals surface area contributed by atoms with Crippen molar-refractivity contribution in [3.8, 4) is 0 Å². The van der Waals surface area contributed by atoms with E-state index in [0.717, 1.165) is 62.7 Å². The molecule has 4 aliphatic rings. The molecule has 2 spiro atoms. The second-order valence-corrected chi connectivity index (χ2v) is 16.8. The van der Waals surface area contributed by atoms with E-state index in [1.807, 2.05) is 101 Å². The second kappa shape index (κ2) is 19.2. The molecule has 0 aromatic heterocycles. The minimum atomic E-state index is -0.414. The van der Waals surface area contributed by atoms with Crippen molar-refractivity contribution < 1.29 is 14.4 Å². The number of benzene rings is 5. The molecule has 0 saturated carbocycles. The van der Waals surface area contributed by atoms with Crippen molar-refractivity contribution in [2.45, 2.75) is 87.9 Å². The summed E-state index contributed by atoms with van der Waals surface area (Å²) in [5, 5.41) is 10.9. The first kappa shape index (κ1) is 41.1. The van der Waals surface area contributed by atoms with Crippen LogP contribution in [-0.4, -0.2) is 82.0 Å². The fourth-order valence-corrected chi connectivity index (χ4v) is 9.54. The van der Waals surface area contributed by atoms with Crippen LogP contribution in [0.1, 0.15) is 59.9 Å². The molecule has 0 radical (unpaired) electrons. The molecule has 4 heterocycles. The van der Waals surface area contributed by atoms with Crippen molar-refractivity contribution in [3.63, 3.8) is 0 Å². The molecule has 4 saturated heterocycles. The highest BCUT2D eigenvalue weighted by atomic mass is 16.2. The van der Waals surface area contributed by atoms with Crippen LogP contribution < -0.4 is 16.0 Å². The largest absolute Gasteiger partial charge is 0.342 e. The molecule has 4 fully saturated rings. The molecule has 9 rings (SSSR count). The first-order valence-electron chi connectivity index (χ1n) is 21.8. The van der Waals surface area contributed by atoms with E-state index < -0.39 is 5.66 Å². The van der Waals surface area contributed by atoms with Crippen LogP contribution in [0.2, 0.25) is 0 Å². The summed E-state index contributed by atoms with van der Waals surface area (Å²) in [4.78, 5) is 45.9. The maximum atomic E-state index is 13.6. The number of hydrogen-bond acceptors (Lipinski definition) is 6. The summed E-state index contributed by atoms with van der Waals surface area (Å²) in [6.07, 6.45) is 6.10. The fraction of sp³-hybridized carbons (Fsp3) is 0.353. The zero-order valence-electron chi connectivity index (χ0n) is 34.6. The third kappa shape index (κ3) is 9.71. The normalized spacial score (nSPS) is 20.6. The Bertz CT molecular complexity index is 2140. The summed E-state index contributed by atoms with van der Waals surface area (Å²) in [6, 6.07) is 50.8. The summed E-state index contributed by atoms with van der Waals surface area (Å²) in [7, 11) is 0. The molecule has 2 atom stereocenters. The predicted molar refractivity (Wildman–Crippen MR) is 236 cm³/mol. The van der Waals surface area contributed by atoms with Gasteiger partial charge in [0, 0.05) is 45.4 Å². The number of carbonyl (C=O) groups excluding carboxylic acids is 3. The Hall–Kier alpha value is -5.61. The fourth-order valence-electron chi connectivity index (χ4n) is 9.54. The smallest absolute Gasteiger partial charge is 0.241 e. The maximum Gasteiger partial charge on any atom is 0.241 e. The van der Waals surface area contributed by atoms with Crippen LogP contribution in [0.5, 0.6) is 0 Å². The van der Waals surface area contributed by atoms with E-state index in [9.17, 15) is 14.4 Å². The van der Waals surface area contributed by atoms with E-state index in [2.05, 4.69) is 81.5 Å². The van der Waals surface area contributed by atoms with Crippen LogP contribution >= 0.6 is 0 Å². The summed E-state index contributed by atoms with van der Waals surface area (Å²) in [5.41, 5.74) is 5.25. The van der Waals surface area contributed by atoms with Gasteiger partial charge in [-0.15, -0.1) is 0 Å². The molecule has 9 nitrogen and oxygen atoms in total. The van der Waals surface area contributed by atoms with Gasteiger partial charge in [0.05, 0.1) is 23.4 Å². The number of nitrogens with one attached hydrogen (secondary N) is 3. The van der Waals surface area contributed by atoms with Crippen LogP contribution in [0.4, 0.5) is 0 Å². The van der Waals surface area contributed by atoms with E-state index in [4.69, 9.17) is 0 Å². The maximum absolute atomic E-state index is 13.6. The zero-order chi connectivity index (χ0) is 41.2. The molecule has 9 heteroatoms. The van der Waals surface area contributed by atoms with Crippen LogP contribution in [0.25, 0.3) is 0 Å². The minimum Gasteiger partial charge on any atom is -0.342 e. The Labute approximate surface area is 355 Å². The third-order valence-corrected chi connectivity index (χ3v) is 12.8. The average molecular weight is 803 g/mol. The standard InChI is InChI=1S/C30H33N3O2.C21H25N3O/c34-28(17-16-24-10-4-1-5-11-24)32-20-18-30(19-21-32)31-27(22-25-12-6-2-7-13-25)29(35)33(30)23-26-14-8-3-9-15-26;25-20-19(15-17-7-3-1-4-8-17)23-21(11-13-22-14-12-21)24(20)16-18-9-5-2-6-10-18/h1-15,27,31H,16-23H2;1-10,19,22-23H,11-16H2/t27-;19-/m00/s1. The molecule has 5 aromatic carbocycles. The third-order valence-electron chi connectivity index (χ3n) is 12.8. The highest BCUT2D eigenvalue weighted by Crippen LogP contribution is 2.36. The Kier molecular flexibility index (Phi) is 13.2. The highest BCUT2D eigenvalue weighted by Gasteiger charge is 2.52. The van der Waals surface area contributed by atoms with E-state index >= 15 is 0 Å². The van der Waals surface area contributed by atoms with Crippen LogP contribution in [0.15, 0.2) is 152 Å². The predicted octanol–water partition coefficient (Wildman–Crippen LogP) is 6.49. The highest BCUT2D eigenvalue weighted by molar-refractivity contribution is 5.86. The molecule has 3 N–H and O–H groups in total. The van der Waals surface area contributed by atoms with Crippen LogP contribution in [0, 0.1) is 0 Å². The second-order valence-electron chi connectivity index (χ2n) is 16.8. The summed E-state index contributed by atoms with van der Waals surface area (Å²) in [6.45, 7) is 4.49. The molecular formula is C51H58N6O3. The SMILES string of the molecule is O=C(CCc1ccccc1)N1CCC2(CC1)N[C@@H](Cc1ccccc1)C(=O)N2Cc1ccccc1.O=C1[C@H](Cc2ccccc2)NC2(CCNCC2)N1Cc1ccccc1. The summed E-state index contributed by atoms with van der Waals surface area (Å²) < 4.78 is 0. The van der Waals surface area contributed by atoms with Crippen molar-refractivity contribution in [1.29, 1.82) is 0 Å². The number of carbonyl (C=O) groups is 3. The van der Waals surface area contributed by atoms with Crippen molar-refractivity contribution in [2.75, 3.05) is 26.2 Å². The first-order chi connectivity index (χ1) is 29.4. The molecule has 0 bridgehead atoms. The molecule has 4 aliphatic heterocycles. The number of aryl methyl sites for hydroxylation is 1. The molecule has 60 heavy (non-hydrogen) atoms. The number of hydrogen-bond donors (Lipinski definition) is 3. The van der Waals surface area contributed by atoms with E-state index in [1.165, 1.54) is 16.7 Å². The Morgan fingerprint density at radius 2 is 0.867 bits per heavy atom. The summed E-state index contributed by atoms with van der Waals surface area (Å²) >= 11 is 0. The van der Waals surface area contributed by atoms with Gasteiger partial charge in [0.1, 0.15) is 0 Å². The number of piperidine rings is 2. The Morgan fingerprint density at radius 1 is 0.500 bits per heavy atom. The van der Waals surface area contributed by atoms with Gasteiger partial charge < -0.3 is 20.0 Å². The van der Waals surface area contributed by atoms with Crippen molar-refractivity contribution in [3.05, 3.63) is 179 Å². The lowest BCUT2D eigenvalue weighted by molar-refractivity contribution is -0.138. The first-order valence-corrected chi connectivity index (χ1v) is 21.8. The topological polar surface area (TPSA) is 97.0 Å². The Balaban J connectivity index is 0.000000176. The van der Waals surface area contributed by atoms with Crippen molar-refractivity contribution in [1.82, 2.24) is 30.7 Å². The van der Waals surface area contributed by atoms with Gasteiger partial charge in [-0.1, -0.05) is 152 Å². The molecular weight excluding hydrogens is 745 g/mol. The van der Waals surface area contributed by atoms with Gasteiger partial charge in [-0.3, -0.25) is 25.0 Å². The van der Waals surface area contributed by atoms with E-state index in [-0.39, 0.29) is 35.5 Å². The zero-order valence-corrected chi connectivity index (χ0v) is 34.6. The van der Waals surface area contributed by atoms with Gasteiger partial charge in [-0.2, -0.15) is 0 Å². The van der Waals surface area contributed by atoms with Crippen molar-refractivity contribution >= 4 is 17.7 Å². The van der Waals surface area contributed by atoms with Gasteiger partial charge in [-0.05, 0) is 73.0 Å². The monoisotopic (exact) mass is 802 g/mol. The van der Waals surface area contributed by atoms with Gasteiger partial charge in [0.2, 0.25) is 17.7 Å². The van der Waals surface area contributed by atoms with Gasteiger partial charge in [-0.25, -0.2) is 0 Å². The van der Waals surface area contributed by atoms with Crippen LogP contribution in [-0.2, 0) is 46.7 Å². The lowest BCUT2D eigenvalue weighted by Gasteiger charge is -2.44. The van der Waals surface area contributed by atoms with E-state index in [1.54, 1.807) is 0 Å². The van der Waals surface area contributed by atoms with Crippen LogP contribution in [0.3, 0.4) is 0 Å². The number of likely N-dealkylation sites (tertiary alicyclic amines) is 1. The molecule has 0 aliphatic carbocycles. The average Bonchev–Trinajstić information content (AvgIpc) is 3.68. The molecule has 3 amide bonds. The molecule has 0 unspecified atom stereocenters. The quantitative estimate of drug-likeness (QED) is 0.141. The van der Waals surface area contributed by atoms with E-state index in [0.29, 0.717) is 39.0 Å². The minimum absolute atomic E-state index is 0.135. The number of rotatable bonds is 11.